The van der Waals surface area contributed by atoms with E-state index in [4.69, 9.17) is 4.42 Å². The molecule has 3 heteroatoms. The zero-order valence-corrected chi connectivity index (χ0v) is 11.0. The maximum Gasteiger partial charge on any atom is 0.147 e. The Bertz CT molecular complexity index is 528. The van der Waals surface area contributed by atoms with Gasteiger partial charge in [-0.05, 0) is 24.3 Å². The van der Waals surface area contributed by atoms with Crippen LogP contribution in [0.4, 0.5) is 0 Å². The van der Waals surface area contributed by atoms with Crippen molar-refractivity contribution in [1.29, 1.82) is 0 Å². The number of carbonyl (C=O) groups excluding carboxylic acids is 1. The smallest absolute Gasteiger partial charge is 0.147 e. The van der Waals surface area contributed by atoms with Gasteiger partial charge in [0.2, 0.25) is 0 Å². The minimum absolute atomic E-state index is 0.250. The molecule has 0 aliphatic rings. The summed E-state index contributed by atoms with van der Waals surface area (Å²) in [7, 11) is 0. The first-order valence-electron chi connectivity index (χ1n) is 5.74. The number of ketones is 1. The summed E-state index contributed by atoms with van der Waals surface area (Å²) in [6.45, 7) is 2.12. The monoisotopic (exact) mass is 248 g/mol. The van der Waals surface area contributed by atoms with Gasteiger partial charge in [0.05, 0.1) is 12.0 Å². The molecule has 0 aliphatic carbocycles. The van der Waals surface area contributed by atoms with Gasteiger partial charge in [-0.25, -0.2) is 0 Å². The van der Waals surface area contributed by atoms with Gasteiger partial charge in [-0.15, -0.1) is 0 Å². The summed E-state index contributed by atoms with van der Waals surface area (Å²) >= 11 is 1.56. The van der Waals surface area contributed by atoms with Crippen molar-refractivity contribution in [2.45, 2.75) is 19.8 Å². The third-order valence-corrected chi connectivity index (χ3v) is 3.43. The van der Waals surface area contributed by atoms with E-state index in [1.54, 1.807) is 18.0 Å². The third-order valence-electron chi connectivity index (χ3n) is 2.82. The first kappa shape index (κ1) is 12.2. The fraction of sp³-hybridized carbons (Fsp3) is 0.357. The Labute approximate surface area is 105 Å². The van der Waals surface area contributed by atoms with Crippen LogP contribution in [-0.4, -0.2) is 17.8 Å². The molecule has 0 unspecified atom stereocenters. The Morgan fingerprint density at radius 1 is 1.41 bits per heavy atom. The highest BCUT2D eigenvalue weighted by Gasteiger charge is 2.10. The van der Waals surface area contributed by atoms with E-state index in [-0.39, 0.29) is 5.78 Å². The van der Waals surface area contributed by atoms with Crippen LogP contribution < -0.4 is 0 Å². The van der Waals surface area contributed by atoms with E-state index in [0.717, 1.165) is 23.0 Å². The molecule has 0 amide bonds. The van der Waals surface area contributed by atoms with Crippen LogP contribution in [0, 0.1) is 0 Å². The summed E-state index contributed by atoms with van der Waals surface area (Å²) in [5, 5.41) is 1.07. The van der Waals surface area contributed by atoms with Gasteiger partial charge in [-0.1, -0.05) is 19.1 Å². The van der Waals surface area contributed by atoms with E-state index >= 15 is 0 Å². The molecule has 1 aromatic carbocycles. The maximum absolute atomic E-state index is 11.6. The molecule has 2 nitrogen and oxygen atoms in total. The SMILES string of the molecule is CCc1ccc2c(CC(=O)CSC)coc2c1. The lowest BCUT2D eigenvalue weighted by molar-refractivity contribution is -0.115. The quantitative estimate of drug-likeness (QED) is 0.811. The van der Waals surface area contributed by atoms with Crippen molar-refractivity contribution in [3.63, 3.8) is 0 Å². The molecule has 0 saturated carbocycles. The minimum atomic E-state index is 0.250. The lowest BCUT2D eigenvalue weighted by Crippen LogP contribution is -2.04. The third kappa shape index (κ3) is 2.72. The Morgan fingerprint density at radius 2 is 2.24 bits per heavy atom. The number of thioether (sulfide) groups is 1. The Balaban J connectivity index is 2.27. The summed E-state index contributed by atoms with van der Waals surface area (Å²) in [6, 6.07) is 6.21. The zero-order valence-electron chi connectivity index (χ0n) is 10.2. The standard InChI is InChI=1S/C14H16O2S/c1-3-10-4-5-13-11(7-12(15)9-17-2)8-16-14(13)6-10/h4-6,8H,3,7,9H2,1-2H3. The predicted molar refractivity (Wildman–Crippen MR) is 72.7 cm³/mol. The van der Waals surface area contributed by atoms with Crippen molar-refractivity contribution >= 4 is 28.5 Å². The van der Waals surface area contributed by atoms with Crippen LogP contribution in [0.1, 0.15) is 18.1 Å². The maximum atomic E-state index is 11.6. The van der Waals surface area contributed by atoms with Crippen LogP contribution in [-0.2, 0) is 17.6 Å². The molecular weight excluding hydrogens is 232 g/mol. The number of fused-ring (bicyclic) bond motifs is 1. The molecule has 0 saturated heterocycles. The molecule has 1 heterocycles. The highest BCUT2D eigenvalue weighted by atomic mass is 32.2. The Kier molecular flexibility index (Phi) is 3.89. The van der Waals surface area contributed by atoms with Crippen molar-refractivity contribution in [3.8, 4) is 0 Å². The van der Waals surface area contributed by atoms with E-state index in [1.807, 2.05) is 6.26 Å². The second kappa shape index (κ2) is 5.41. The molecule has 1 aromatic heterocycles. The normalized spacial score (nSPS) is 10.9. The molecule has 2 aromatic rings. The molecule has 17 heavy (non-hydrogen) atoms. The first-order valence-corrected chi connectivity index (χ1v) is 7.13. The van der Waals surface area contributed by atoms with Gasteiger partial charge in [0.1, 0.15) is 11.4 Å². The highest BCUT2D eigenvalue weighted by Crippen LogP contribution is 2.23. The molecule has 0 spiro atoms. The number of furan rings is 1. The van der Waals surface area contributed by atoms with Gasteiger partial charge >= 0.3 is 0 Å². The van der Waals surface area contributed by atoms with Crippen LogP contribution in [0.3, 0.4) is 0 Å². The zero-order chi connectivity index (χ0) is 12.3. The van der Waals surface area contributed by atoms with E-state index in [2.05, 4.69) is 25.1 Å². The number of rotatable bonds is 5. The lowest BCUT2D eigenvalue weighted by atomic mass is 10.1. The van der Waals surface area contributed by atoms with Crippen LogP contribution in [0.5, 0.6) is 0 Å². The van der Waals surface area contributed by atoms with Gasteiger partial charge in [0.15, 0.2) is 0 Å². The number of Topliss-reactive ketones (excluding diaryl/α,β-unsaturated/α-hetero) is 1. The van der Waals surface area contributed by atoms with Gasteiger partial charge in [-0.2, -0.15) is 11.8 Å². The van der Waals surface area contributed by atoms with Crippen molar-refractivity contribution in [1.82, 2.24) is 0 Å². The molecule has 90 valence electrons. The fourth-order valence-corrected chi connectivity index (χ4v) is 2.33. The van der Waals surface area contributed by atoms with Gasteiger partial charge < -0.3 is 4.42 Å². The van der Waals surface area contributed by atoms with Crippen molar-refractivity contribution < 1.29 is 9.21 Å². The van der Waals surface area contributed by atoms with E-state index in [0.29, 0.717) is 12.2 Å². The predicted octanol–water partition coefficient (Wildman–Crippen LogP) is 3.47. The van der Waals surface area contributed by atoms with Crippen molar-refractivity contribution in [2.24, 2.45) is 0 Å². The number of carbonyl (C=O) groups is 1. The largest absolute Gasteiger partial charge is 0.464 e. The van der Waals surface area contributed by atoms with Crippen LogP contribution >= 0.6 is 11.8 Å². The lowest BCUT2D eigenvalue weighted by Gasteiger charge is -1.98. The van der Waals surface area contributed by atoms with Crippen molar-refractivity contribution in [2.75, 3.05) is 12.0 Å². The van der Waals surface area contributed by atoms with Crippen LogP contribution in [0.15, 0.2) is 28.9 Å². The number of benzene rings is 1. The summed E-state index contributed by atoms with van der Waals surface area (Å²) in [5.41, 5.74) is 3.15. The first-order chi connectivity index (χ1) is 8.24. The highest BCUT2D eigenvalue weighted by molar-refractivity contribution is 7.99. The second-order valence-corrected chi connectivity index (χ2v) is 4.96. The number of aryl methyl sites for hydroxylation is 1. The molecule has 0 N–H and O–H groups in total. The molecule has 0 bridgehead atoms. The molecule has 2 rings (SSSR count). The molecule has 0 atom stereocenters. The summed E-state index contributed by atoms with van der Waals surface area (Å²) in [4.78, 5) is 11.6. The average Bonchev–Trinajstić information content (AvgIpc) is 2.72. The summed E-state index contributed by atoms with van der Waals surface area (Å²) in [5.74, 6) is 0.819. The van der Waals surface area contributed by atoms with Gasteiger partial charge in [-0.3, -0.25) is 4.79 Å². The summed E-state index contributed by atoms with van der Waals surface area (Å²) in [6.07, 6.45) is 5.12. The molecule has 0 fully saturated rings. The van der Waals surface area contributed by atoms with Crippen LogP contribution in [0.2, 0.25) is 0 Å². The van der Waals surface area contributed by atoms with Gasteiger partial charge in [0, 0.05) is 17.4 Å². The second-order valence-electron chi connectivity index (χ2n) is 4.09. The number of hydrogen-bond donors (Lipinski definition) is 0. The fourth-order valence-electron chi connectivity index (χ4n) is 1.91. The van der Waals surface area contributed by atoms with Gasteiger partial charge in [0.25, 0.3) is 0 Å². The van der Waals surface area contributed by atoms with Crippen LogP contribution in [0.25, 0.3) is 11.0 Å². The number of hydrogen-bond acceptors (Lipinski definition) is 3. The Hall–Kier alpha value is -1.22. The average molecular weight is 248 g/mol. The topological polar surface area (TPSA) is 30.2 Å². The van der Waals surface area contributed by atoms with Crippen molar-refractivity contribution in [3.05, 3.63) is 35.6 Å². The molecule has 0 radical (unpaired) electrons. The van der Waals surface area contributed by atoms with E-state index < -0.39 is 0 Å². The minimum Gasteiger partial charge on any atom is -0.464 e. The summed E-state index contributed by atoms with van der Waals surface area (Å²) < 4.78 is 5.51. The van der Waals surface area contributed by atoms with E-state index in [9.17, 15) is 4.79 Å². The molecular formula is C14H16O2S. The van der Waals surface area contributed by atoms with E-state index in [1.165, 1.54) is 5.56 Å². The molecule has 0 aliphatic heterocycles. The Morgan fingerprint density at radius 3 is 2.94 bits per heavy atom.